The number of para-hydroxylation sites is 2. The molecule has 2 aromatic heterocycles. The van der Waals surface area contributed by atoms with Crippen molar-refractivity contribution in [2.24, 2.45) is 0 Å². The molecule has 0 bridgehead atoms. The maximum atomic E-state index is 2.44. The number of nitrogens with zero attached hydrogens (tertiary/aromatic N) is 2. The van der Waals surface area contributed by atoms with Crippen molar-refractivity contribution in [3.8, 4) is 55.9 Å². The van der Waals surface area contributed by atoms with Crippen molar-refractivity contribution in [2.45, 2.75) is 0 Å². The van der Waals surface area contributed by atoms with Crippen LogP contribution in [0.25, 0.3) is 99.5 Å². The van der Waals surface area contributed by atoms with Gasteiger partial charge in [-0.3, -0.25) is 0 Å². The van der Waals surface area contributed by atoms with E-state index in [1.807, 2.05) is 0 Å². The summed E-state index contributed by atoms with van der Waals surface area (Å²) in [4.78, 5) is 0. The summed E-state index contributed by atoms with van der Waals surface area (Å²) in [5.41, 5.74) is 16.8. The lowest BCUT2D eigenvalue weighted by Gasteiger charge is -2.11. The number of aromatic nitrogens is 2. The van der Waals surface area contributed by atoms with Gasteiger partial charge in [-0.1, -0.05) is 158 Å². The van der Waals surface area contributed by atoms with Crippen molar-refractivity contribution in [1.29, 1.82) is 0 Å². The molecular weight excluding hydrogens is 677 g/mol. The van der Waals surface area contributed by atoms with Gasteiger partial charge in [-0.25, -0.2) is 0 Å². The van der Waals surface area contributed by atoms with Crippen LogP contribution >= 0.6 is 0 Å². The molecule has 11 aromatic rings. The van der Waals surface area contributed by atoms with Crippen LogP contribution in [0.4, 0.5) is 0 Å². The fourth-order valence-corrected chi connectivity index (χ4v) is 8.59. The Kier molecular flexibility index (Phi) is 7.53. The molecule has 0 aliphatic carbocycles. The minimum Gasteiger partial charge on any atom is -0.309 e. The van der Waals surface area contributed by atoms with E-state index in [0.717, 1.165) is 5.69 Å². The van der Waals surface area contributed by atoms with Gasteiger partial charge in [0.05, 0.1) is 22.1 Å². The van der Waals surface area contributed by atoms with E-state index in [1.165, 1.54) is 93.8 Å². The summed E-state index contributed by atoms with van der Waals surface area (Å²) in [6, 6.07) is 79.4. The van der Waals surface area contributed by atoms with E-state index < -0.39 is 0 Å². The molecule has 0 N–H and O–H groups in total. The van der Waals surface area contributed by atoms with Crippen molar-refractivity contribution in [3.63, 3.8) is 0 Å². The first-order valence-electron chi connectivity index (χ1n) is 19.3. The summed E-state index contributed by atoms with van der Waals surface area (Å²) < 4.78 is 4.81. The predicted molar refractivity (Wildman–Crippen MR) is 237 cm³/mol. The molecule has 0 unspecified atom stereocenters. The smallest absolute Gasteiger partial charge is 0.0547 e. The third-order valence-electron chi connectivity index (χ3n) is 11.3. The van der Waals surface area contributed by atoms with Gasteiger partial charge in [-0.05, 0) is 105 Å². The summed E-state index contributed by atoms with van der Waals surface area (Å²) in [5, 5.41) is 4.98. The van der Waals surface area contributed by atoms with E-state index in [4.69, 9.17) is 0 Å². The fraction of sp³-hybridized carbons (Fsp3) is 0. The second-order valence-corrected chi connectivity index (χ2v) is 14.6. The van der Waals surface area contributed by atoms with Crippen LogP contribution in [-0.2, 0) is 0 Å². The Morgan fingerprint density at radius 3 is 1.16 bits per heavy atom. The molecule has 11 rings (SSSR count). The van der Waals surface area contributed by atoms with Crippen LogP contribution in [-0.4, -0.2) is 9.13 Å². The average Bonchev–Trinajstić information content (AvgIpc) is 3.79. The first-order chi connectivity index (χ1) is 27.8. The third kappa shape index (κ3) is 5.34. The monoisotopic (exact) mass is 712 g/mol. The van der Waals surface area contributed by atoms with E-state index in [2.05, 4.69) is 228 Å². The van der Waals surface area contributed by atoms with Crippen LogP contribution < -0.4 is 0 Å². The van der Waals surface area contributed by atoms with Gasteiger partial charge in [0, 0.05) is 32.9 Å². The number of rotatable bonds is 6. The molecular formula is C54H36N2. The summed E-state index contributed by atoms with van der Waals surface area (Å²) in [6.07, 6.45) is 0. The predicted octanol–water partition coefficient (Wildman–Crippen LogP) is 14.5. The van der Waals surface area contributed by atoms with Crippen LogP contribution in [0.3, 0.4) is 0 Å². The summed E-state index contributed by atoms with van der Waals surface area (Å²) in [5.74, 6) is 0. The Labute approximate surface area is 325 Å². The average molecular weight is 713 g/mol. The topological polar surface area (TPSA) is 9.86 Å². The number of hydrogen-bond acceptors (Lipinski definition) is 0. The molecule has 2 heterocycles. The molecule has 0 saturated heterocycles. The molecule has 0 aliphatic rings. The number of benzene rings is 9. The van der Waals surface area contributed by atoms with Crippen molar-refractivity contribution < 1.29 is 0 Å². The van der Waals surface area contributed by atoms with Crippen molar-refractivity contribution in [2.75, 3.05) is 0 Å². The van der Waals surface area contributed by atoms with E-state index in [-0.39, 0.29) is 0 Å². The van der Waals surface area contributed by atoms with Gasteiger partial charge in [0.2, 0.25) is 0 Å². The van der Waals surface area contributed by atoms with E-state index in [1.54, 1.807) is 0 Å². The summed E-state index contributed by atoms with van der Waals surface area (Å²) in [6.45, 7) is 0. The van der Waals surface area contributed by atoms with Crippen molar-refractivity contribution in [1.82, 2.24) is 9.13 Å². The first kappa shape index (κ1) is 32.0. The second kappa shape index (κ2) is 13.2. The fourth-order valence-electron chi connectivity index (χ4n) is 8.59. The molecule has 0 aliphatic heterocycles. The Morgan fingerprint density at radius 1 is 0.196 bits per heavy atom. The molecule has 0 radical (unpaired) electrons. The Hall–Kier alpha value is -7.42. The SMILES string of the molecule is c1ccc(-c2ccc(-c3ccc4c(c3)c3ccc(-c5ccc6c(c5)c5ccccc5n6-c5ccccc5)cc3n4-c3ccc(-c4ccccc4)cc3)cc2)cc1. The van der Waals surface area contributed by atoms with Gasteiger partial charge in [0.15, 0.2) is 0 Å². The molecule has 9 aromatic carbocycles. The van der Waals surface area contributed by atoms with Gasteiger partial charge >= 0.3 is 0 Å². The number of fused-ring (bicyclic) bond motifs is 6. The maximum absolute atomic E-state index is 2.44. The summed E-state index contributed by atoms with van der Waals surface area (Å²) in [7, 11) is 0. The third-order valence-corrected chi connectivity index (χ3v) is 11.3. The molecule has 2 nitrogen and oxygen atoms in total. The van der Waals surface area contributed by atoms with E-state index in [0.29, 0.717) is 0 Å². The number of hydrogen-bond donors (Lipinski definition) is 0. The van der Waals surface area contributed by atoms with E-state index >= 15 is 0 Å². The zero-order valence-corrected chi connectivity index (χ0v) is 30.7. The highest BCUT2D eigenvalue weighted by atomic mass is 15.0. The molecule has 0 saturated carbocycles. The van der Waals surface area contributed by atoms with Crippen LogP contribution in [0.1, 0.15) is 0 Å². The molecule has 0 amide bonds. The molecule has 0 atom stereocenters. The molecule has 0 spiro atoms. The second-order valence-electron chi connectivity index (χ2n) is 14.6. The minimum atomic E-state index is 1.14. The Morgan fingerprint density at radius 2 is 0.554 bits per heavy atom. The highest BCUT2D eigenvalue weighted by Crippen LogP contribution is 2.40. The normalized spacial score (nSPS) is 11.6. The van der Waals surface area contributed by atoms with Crippen LogP contribution in [0.2, 0.25) is 0 Å². The lowest BCUT2D eigenvalue weighted by molar-refractivity contribution is 1.18. The van der Waals surface area contributed by atoms with Crippen molar-refractivity contribution >= 4 is 43.6 Å². The van der Waals surface area contributed by atoms with Crippen LogP contribution in [0.15, 0.2) is 218 Å². The highest BCUT2D eigenvalue weighted by Gasteiger charge is 2.17. The first-order valence-corrected chi connectivity index (χ1v) is 19.3. The molecule has 0 fully saturated rings. The summed E-state index contributed by atoms with van der Waals surface area (Å²) >= 11 is 0. The zero-order chi connectivity index (χ0) is 37.0. The zero-order valence-electron chi connectivity index (χ0n) is 30.7. The standard InChI is InChI=1S/C54H36N2/c1-4-12-37(13-5-1)39-20-22-41(23-21-39)42-27-32-53-50(34-42)48-31-26-44(36-54(48)56(53)46-29-24-40(25-30-46)38-14-6-2-7-15-38)43-28-33-52-49(35-43)47-18-10-11-19-51(47)55(52)45-16-8-3-9-17-45/h1-36H. The van der Waals surface area contributed by atoms with Crippen LogP contribution in [0, 0.1) is 0 Å². The van der Waals surface area contributed by atoms with Gasteiger partial charge in [0.1, 0.15) is 0 Å². The Bertz CT molecular complexity index is 3190. The van der Waals surface area contributed by atoms with Gasteiger partial charge in [-0.15, -0.1) is 0 Å². The molecule has 262 valence electrons. The molecule has 2 heteroatoms. The lowest BCUT2D eigenvalue weighted by Crippen LogP contribution is -1.94. The van der Waals surface area contributed by atoms with Crippen molar-refractivity contribution in [3.05, 3.63) is 218 Å². The molecule has 56 heavy (non-hydrogen) atoms. The quantitative estimate of drug-likeness (QED) is 0.162. The van der Waals surface area contributed by atoms with Gasteiger partial charge in [-0.2, -0.15) is 0 Å². The van der Waals surface area contributed by atoms with Crippen LogP contribution in [0.5, 0.6) is 0 Å². The minimum absolute atomic E-state index is 1.14. The van der Waals surface area contributed by atoms with Gasteiger partial charge in [0.25, 0.3) is 0 Å². The highest BCUT2D eigenvalue weighted by molar-refractivity contribution is 6.13. The maximum Gasteiger partial charge on any atom is 0.0547 e. The largest absolute Gasteiger partial charge is 0.309 e. The van der Waals surface area contributed by atoms with E-state index in [9.17, 15) is 0 Å². The van der Waals surface area contributed by atoms with Gasteiger partial charge < -0.3 is 9.13 Å². The Balaban J connectivity index is 1.07. The lowest BCUT2D eigenvalue weighted by atomic mass is 9.98.